The summed E-state index contributed by atoms with van der Waals surface area (Å²) in [5.41, 5.74) is 9.06. The Bertz CT molecular complexity index is 1260. The minimum atomic E-state index is -0.307. The van der Waals surface area contributed by atoms with E-state index >= 15 is 0 Å². The number of likely N-dealkylation sites (N-methyl/N-ethyl adjacent to an activating group) is 1. The Kier molecular flexibility index (Phi) is 5.46. The first kappa shape index (κ1) is 21.9. The molecule has 5 rings (SSSR count). The summed E-state index contributed by atoms with van der Waals surface area (Å²) in [6.07, 6.45) is 3.25. The highest BCUT2D eigenvalue weighted by Crippen LogP contribution is 2.42. The van der Waals surface area contributed by atoms with E-state index in [4.69, 9.17) is 15.5 Å². The van der Waals surface area contributed by atoms with Crippen molar-refractivity contribution in [2.75, 3.05) is 49.7 Å². The Hall–Kier alpha value is -3.89. The third-order valence-electron chi connectivity index (χ3n) is 6.43. The normalized spacial score (nSPS) is 18.0. The van der Waals surface area contributed by atoms with E-state index in [2.05, 4.69) is 20.3 Å². The number of anilines is 3. The van der Waals surface area contributed by atoms with Crippen LogP contribution in [0.5, 0.6) is 5.88 Å². The lowest BCUT2D eigenvalue weighted by atomic mass is 10.0. The minimum absolute atomic E-state index is 0.123. The van der Waals surface area contributed by atoms with E-state index in [1.165, 1.54) is 24.1 Å². The first-order valence-corrected chi connectivity index (χ1v) is 11.2. The summed E-state index contributed by atoms with van der Waals surface area (Å²) in [7, 11) is 4.95. The number of carbonyl (C=O) groups excluding carboxylic acids is 1. The Labute approximate surface area is 196 Å². The van der Waals surface area contributed by atoms with Crippen LogP contribution in [-0.4, -0.2) is 64.3 Å². The maximum absolute atomic E-state index is 14.3. The van der Waals surface area contributed by atoms with E-state index in [1.807, 2.05) is 0 Å². The molecule has 2 aliphatic rings. The van der Waals surface area contributed by atoms with Crippen molar-refractivity contribution in [1.82, 2.24) is 24.6 Å². The molecular weight excluding hydrogens is 439 g/mol. The zero-order chi connectivity index (χ0) is 24.0. The van der Waals surface area contributed by atoms with Gasteiger partial charge in [-0.3, -0.25) is 4.79 Å². The van der Waals surface area contributed by atoms with Crippen LogP contribution in [0.15, 0.2) is 24.4 Å². The molecule has 2 aromatic heterocycles. The molecule has 1 fully saturated rings. The van der Waals surface area contributed by atoms with Gasteiger partial charge in [0.15, 0.2) is 17.3 Å². The number of hydrogen-bond donors (Lipinski definition) is 2. The van der Waals surface area contributed by atoms with Crippen LogP contribution in [0.25, 0.3) is 11.3 Å². The largest absolute Gasteiger partial charge is 0.481 e. The van der Waals surface area contributed by atoms with E-state index in [-0.39, 0.29) is 29.3 Å². The zero-order valence-electron chi connectivity index (χ0n) is 19.4. The molecule has 11 heteroatoms. The van der Waals surface area contributed by atoms with E-state index < -0.39 is 0 Å². The molecule has 3 N–H and O–H groups in total. The van der Waals surface area contributed by atoms with E-state index in [0.29, 0.717) is 42.6 Å². The second-order valence-corrected chi connectivity index (χ2v) is 8.56. The van der Waals surface area contributed by atoms with E-state index in [0.717, 1.165) is 24.1 Å². The summed E-state index contributed by atoms with van der Waals surface area (Å²) in [6.45, 7) is 1.60. The number of methoxy groups -OCH3 is 1. The number of benzene rings is 1. The molecule has 34 heavy (non-hydrogen) atoms. The predicted octanol–water partition coefficient (Wildman–Crippen LogP) is 2.45. The molecular formula is C23H27FN8O2. The van der Waals surface area contributed by atoms with Crippen molar-refractivity contribution in [1.29, 1.82) is 0 Å². The highest BCUT2D eigenvalue weighted by atomic mass is 19.1. The van der Waals surface area contributed by atoms with Crippen LogP contribution in [0.2, 0.25) is 0 Å². The van der Waals surface area contributed by atoms with Crippen LogP contribution in [0, 0.1) is 5.82 Å². The summed E-state index contributed by atoms with van der Waals surface area (Å²) < 4.78 is 21.4. The van der Waals surface area contributed by atoms with Gasteiger partial charge < -0.3 is 25.6 Å². The number of rotatable bonds is 1. The van der Waals surface area contributed by atoms with Gasteiger partial charge in [0, 0.05) is 45.0 Å². The van der Waals surface area contributed by atoms with Gasteiger partial charge in [0.2, 0.25) is 5.88 Å². The van der Waals surface area contributed by atoms with Gasteiger partial charge in [-0.1, -0.05) is 0 Å². The Morgan fingerprint density at radius 1 is 1.26 bits per heavy atom. The van der Waals surface area contributed by atoms with Crippen molar-refractivity contribution in [2.45, 2.75) is 18.9 Å². The number of ether oxygens (including phenoxy) is 1. The van der Waals surface area contributed by atoms with Gasteiger partial charge in [-0.2, -0.15) is 5.10 Å². The maximum Gasteiger partial charge on any atom is 0.275 e. The summed E-state index contributed by atoms with van der Waals surface area (Å²) in [4.78, 5) is 26.2. The fourth-order valence-corrected chi connectivity index (χ4v) is 4.80. The summed E-state index contributed by atoms with van der Waals surface area (Å²) >= 11 is 0. The molecule has 2 bridgehead atoms. The van der Waals surface area contributed by atoms with Gasteiger partial charge in [-0.25, -0.2) is 19.0 Å². The van der Waals surface area contributed by atoms with Crippen LogP contribution in [0.1, 0.15) is 34.9 Å². The molecule has 1 saturated heterocycles. The fourth-order valence-electron chi connectivity index (χ4n) is 4.80. The number of nitrogen functional groups attached to an aromatic ring is 1. The molecule has 2 aliphatic heterocycles. The van der Waals surface area contributed by atoms with Crippen molar-refractivity contribution in [3.8, 4) is 17.1 Å². The Morgan fingerprint density at radius 3 is 2.88 bits per heavy atom. The van der Waals surface area contributed by atoms with Crippen molar-refractivity contribution in [3.05, 3.63) is 41.5 Å². The van der Waals surface area contributed by atoms with Crippen LogP contribution in [0.3, 0.4) is 0 Å². The smallest absolute Gasteiger partial charge is 0.275 e. The average molecular weight is 467 g/mol. The molecule has 3 aromatic rings. The number of nitrogens with zero attached hydrogens (tertiary/aromatic N) is 6. The highest BCUT2D eigenvalue weighted by Gasteiger charge is 2.33. The molecule has 1 atom stereocenters. The van der Waals surface area contributed by atoms with Gasteiger partial charge >= 0.3 is 0 Å². The summed E-state index contributed by atoms with van der Waals surface area (Å²) in [5, 5.41) is 7.81. The summed E-state index contributed by atoms with van der Waals surface area (Å²) in [6, 6.07) is 4.61. The number of aryl methyl sites for hydroxylation is 1. The third kappa shape index (κ3) is 3.57. The summed E-state index contributed by atoms with van der Waals surface area (Å²) in [5.74, 6) is 0.577. The lowest BCUT2D eigenvalue weighted by molar-refractivity contribution is 0.0794. The predicted molar refractivity (Wildman–Crippen MR) is 126 cm³/mol. The van der Waals surface area contributed by atoms with E-state index in [9.17, 15) is 9.18 Å². The number of aromatic nitrogens is 4. The minimum Gasteiger partial charge on any atom is -0.481 e. The Morgan fingerprint density at radius 2 is 2.09 bits per heavy atom. The standard InChI is InChI=1S/C23H27FN8O2/c1-30-10-8-26-15-7-6-13(24)11-14(15)17-5-4-9-32(17)21-20(25)27-12-16(28-21)18-19(22(30)33)29-31(2)23(18)34-3/h6-7,11-12,17,26H,4-5,8-10H2,1-3H3,(H2,25,27)/t17-/m1/s1. The van der Waals surface area contributed by atoms with Crippen LogP contribution in [0.4, 0.5) is 21.7 Å². The SMILES string of the molecule is COc1c2c(nn1C)C(=O)N(C)CCNc1ccc(F)cc1[C@H]1CCCN1c1nc-2cnc1N. The number of amides is 1. The van der Waals surface area contributed by atoms with Crippen LogP contribution < -0.4 is 20.7 Å². The lowest BCUT2D eigenvalue weighted by Crippen LogP contribution is -2.33. The molecule has 0 unspecified atom stereocenters. The lowest BCUT2D eigenvalue weighted by Gasteiger charge is -2.29. The van der Waals surface area contributed by atoms with Gasteiger partial charge in [-0.05, 0) is 31.0 Å². The topological polar surface area (TPSA) is 114 Å². The second kappa shape index (κ2) is 8.47. The highest BCUT2D eigenvalue weighted by molar-refractivity contribution is 6.00. The molecule has 0 radical (unpaired) electrons. The molecule has 1 amide bonds. The number of nitrogens with two attached hydrogens (primary N) is 1. The van der Waals surface area contributed by atoms with Gasteiger partial charge in [0.25, 0.3) is 5.91 Å². The average Bonchev–Trinajstić information content (AvgIpc) is 3.43. The molecule has 1 aromatic carbocycles. The molecule has 10 nitrogen and oxygen atoms in total. The number of hydrogen-bond acceptors (Lipinski definition) is 8. The van der Waals surface area contributed by atoms with Gasteiger partial charge in [0.1, 0.15) is 5.82 Å². The monoisotopic (exact) mass is 466 g/mol. The first-order chi connectivity index (χ1) is 16.4. The van der Waals surface area contributed by atoms with Gasteiger partial charge in [-0.15, -0.1) is 0 Å². The van der Waals surface area contributed by atoms with E-state index in [1.54, 1.807) is 31.1 Å². The quantitative estimate of drug-likeness (QED) is 0.562. The van der Waals surface area contributed by atoms with Crippen LogP contribution >= 0.6 is 0 Å². The molecule has 0 aliphatic carbocycles. The maximum atomic E-state index is 14.3. The van der Waals surface area contributed by atoms with Gasteiger partial charge in [0.05, 0.1) is 30.6 Å². The van der Waals surface area contributed by atoms with Crippen molar-refractivity contribution >= 4 is 23.2 Å². The van der Waals surface area contributed by atoms with Crippen LogP contribution in [-0.2, 0) is 7.05 Å². The molecule has 0 spiro atoms. The molecule has 0 saturated carbocycles. The van der Waals surface area contributed by atoms with Crippen molar-refractivity contribution < 1.29 is 13.9 Å². The van der Waals surface area contributed by atoms with Crippen molar-refractivity contribution in [3.63, 3.8) is 0 Å². The third-order valence-corrected chi connectivity index (χ3v) is 6.43. The number of fused-ring (bicyclic) bond motifs is 8. The Balaban J connectivity index is 1.73. The first-order valence-electron chi connectivity index (χ1n) is 11.2. The number of halogens is 1. The molecule has 4 heterocycles. The number of carbonyl (C=O) groups is 1. The molecule has 178 valence electrons. The fraction of sp³-hybridized carbons (Fsp3) is 0.391. The zero-order valence-corrected chi connectivity index (χ0v) is 19.4. The van der Waals surface area contributed by atoms with Crippen molar-refractivity contribution in [2.24, 2.45) is 7.05 Å². The number of nitrogens with one attached hydrogen (secondary N) is 1. The second-order valence-electron chi connectivity index (χ2n) is 8.56.